The van der Waals surface area contributed by atoms with Gasteiger partial charge in [0.1, 0.15) is 5.75 Å². The highest BCUT2D eigenvalue weighted by Crippen LogP contribution is 2.23. The van der Waals surface area contributed by atoms with Crippen molar-refractivity contribution in [3.8, 4) is 5.75 Å². The fourth-order valence-corrected chi connectivity index (χ4v) is 2.62. The van der Waals surface area contributed by atoms with Crippen LogP contribution in [0.1, 0.15) is 0 Å². The summed E-state index contributed by atoms with van der Waals surface area (Å²) >= 11 is 1.49. The number of methoxy groups -OCH3 is 1. The number of ether oxygens (including phenoxy) is 1. The number of nitrogens with one attached hydrogen (secondary N) is 1. The third-order valence-electron chi connectivity index (χ3n) is 3.08. The molecule has 2 rings (SSSR count). The summed E-state index contributed by atoms with van der Waals surface area (Å²) < 4.78 is 5.17. The molecule has 0 radical (unpaired) electrons. The van der Waals surface area contributed by atoms with E-state index >= 15 is 0 Å². The lowest BCUT2D eigenvalue weighted by molar-refractivity contribution is -0.113. The summed E-state index contributed by atoms with van der Waals surface area (Å²) in [5.41, 5.74) is 1.91. The highest BCUT2D eigenvalue weighted by molar-refractivity contribution is 8.00. The summed E-state index contributed by atoms with van der Waals surface area (Å²) in [4.78, 5) is 15.0. The predicted molar refractivity (Wildman–Crippen MR) is 93.1 cm³/mol. The maximum atomic E-state index is 12.0. The van der Waals surface area contributed by atoms with Crippen LogP contribution in [0.25, 0.3) is 0 Å². The molecule has 1 amide bonds. The number of hydrogen-bond acceptors (Lipinski definition) is 4. The van der Waals surface area contributed by atoms with Crippen LogP contribution >= 0.6 is 11.8 Å². The van der Waals surface area contributed by atoms with Gasteiger partial charge in [-0.2, -0.15) is 0 Å². The summed E-state index contributed by atoms with van der Waals surface area (Å²) in [5, 5.41) is 2.90. The van der Waals surface area contributed by atoms with Crippen LogP contribution in [-0.4, -0.2) is 32.9 Å². The highest BCUT2D eigenvalue weighted by Gasteiger charge is 2.05. The number of nitrogens with zero attached hydrogens (tertiary/aromatic N) is 1. The van der Waals surface area contributed by atoms with Crippen molar-refractivity contribution in [2.24, 2.45) is 0 Å². The van der Waals surface area contributed by atoms with Crippen LogP contribution < -0.4 is 15.0 Å². The van der Waals surface area contributed by atoms with Crippen LogP contribution in [0.15, 0.2) is 53.4 Å². The summed E-state index contributed by atoms with van der Waals surface area (Å²) in [5.74, 6) is 1.14. The quantitative estimate of drug-likeness (QED) is 0.828. The largest absolute Gasteiger partial charge is 0.497 e. The molecule has 0 saturated carbocycles. The van der Waals surface area contributed by atoms with Gasteiger partial charge in [0, 0.05) is 30.4 Å². The van der Waals surface area contributed by atoms with Gasteiger partial charge in [0.25, 0.3) is 0 Å². The number of amides is 1. The summed E-state index contributed by atoms with van der Waals surface area (Å²) in [6, 6.07) is 15.5. The van der Waals surface area contributed by atoms with Gasteiger partial charge in [0.2, 0.25) is 5.91 Å². The molecule has 22 heavy (non-hydrogen) atoms. The molecule has 0 aliphatic carbocycles. The molecule has 0 aromatic heterocycles. The maximum Gasteiger partial charge on any atom is 0.234 e. The number of hydrogen-bond donors (Lipinski definition) is 1. The maximum absolute atomic E-state index is 12.0. The topological polar surface area (TPSA) is 41.6 Å². The number of rotatable bonds is 6. The molecule has 116 valence electrons. The molecule has 2 aromatic rings. The molecule has 0 heterocycles. The van der Waals surface area contributed by atoms with E-state index in [2.05, 4.69) is 5.32 Å². The van der Waals surface area contributed by atoms with E-state index in [0.717, 1.165) is 22.0 Å². The fourth-order valence-electron chi connectivity index (χ4n) is 1.88. The van der Waals surface area contributed by atoms with Crippen molar-refractivity contribution in [3.63, 3.8) is 0 Å². The van der Waals surface area contributed by atoms with E-state index < -0.39 is 0 Å². The van der Waals surface area contributed by atoms with Gasteiger partial charge < -0.3 is 15.0 Å². The van der Waals surface area contributed by atoms with Crippen molar-refractivity contribution in [1.82, 2.24) is 0 Å². The van der Waals surface area contributed by atoms with E-state index in [9.17, 15) is 4.79 Å². The molecule has 2 aromatic carbocycles. The van der Waals surface area contributed by atoms with Crippen molar-refractivity contribution in [2.75, 3.05) is 37.2 Å². The van der Waals surface area contributed by atoms with Crippen LogP contribution in [0.3, 0.4) is 0 Å². The van der Waals surface area contributed by atoms with Crippen LogP contribution in [0, 0.1) is 0 Å². The number of anilines is 2. The lowest BCUT2D eigenvalue weighted by Gasteiger charge is -2.13. The first kappa shape index (κ1) is 16.2. The molecule has 0 unspecified atom stereocenters. The Bertz CT molecular complexity index is 627. The predicted octanol–water partition coefficient (Wildman–Crippen LogP) is 3.49. The van der Waals surface area contributed by atoms with Crippen molar-refractivity contribution < 1.29 is 9.53 Å². The molecule has 0 aliphatic heterocycles. The normalized spacial score (nSPS) is 10.1. The van der Waals surface area contributed by atoms with E-state index in [1.54, 1.807) is 7.11 Å². The van der Waals surface area contributed by atoms with Crippen LogP contribution in [0.5, 0.6) is 5.75 Å². The Hall–Kier alpha value is -2.14. The van der Waals surface area contributed by atoms with E-state index in [0.29, 0.717) is 5.75 Å². The molecule has 0 bridgehead atoms. The molecule has 0 spiro atoms. The second-order valence-corrected chi connectivity index (χ2v) is 6.01. The zero-order chi connectivity index (χ0) is 15.9. The van der Waals surface area contributed by atoms with Crippen molar-refractivity contribution in [2.45, 2.75) is 4.90 Å². The Morgan fingerprint density at radius 3 is 2.55 bits per heavy atom. The van der Waals surface area contributed by atoms with Crippen LogP contribution in [0.4, 0.5) is 11.4 Å². The van der Waals surface area contributed by atoms with Gasteiger partial charge in [-0.15, -0.1) is 11.8 Å². The van der Waals surface area contributed by atoms with E-state index in [1.807, 2.05) is 67.5 Å². The Labute approximate surface area is 135 Å². The molecular formula is C17H20N2O2S. The third kappa shape index (κ3) is 4.70. The van der Waals surface area contributed by atoms with Crippen LogP contribution in [-0.2, 0) is 4.79 Å². The lowest BCUT2D eigenvalue weighted by Crippen LogP contribution is -2.14. The van der Waals surface area contributed by atoms with Gasteiger partial charge in [0.15, 0.2) is 0 Å². The SMILES string of the molecule is COc1cccc(SCC(=O)Nc2ccc(N(C)C)cc2)c1. The zero-order valence-electron chi connectivity index (χ0n) is 13.0. The molecule has 4 nitrogen and oxygen atoms in total. The Morgan fingerprint density at radius 1 is 1.18 bits per heavy atom. The van der Waals surface area contributed by atoms with Gasteiger partial charge in [0.05, 0.1) is 12.9 Å². The van der Waals surface area contributed by atoms with E-state index in [1.165, 1.54) is 11.8 Å². The summed E-state index contributed by atoms with van der Waals surface area (Å²) in [6.45, 7) is 0. The van der Waals surface area contributed by atoms with Gasteiger partial charge in [-0.05, 0) is 42.5 Å². The van der Waals surface area contributed by atoms with Crippen molar-refractivity contribution >= 4 is 29.0 Å². The molecule has 0 saturated heterocycles. The summed E-state index contributed by atoms with van der Waals surface area (Å²) in [6.07, 6.45) is 0. The van der Waals surface area contributed by atoms with Crippen LogP contribution in [0.2, 0.25) is 0 Å². The average molecular weight is 316 g/mol. The molecule has 0 aliphatic rings. The summed E-state index contributed by atoms with van der Waals surface area (Å²) in [7, 11) is 5.60. The third-order valence-corrected chi connectivity index (χ3v) is 4.07. The highest BCUT2D eigenvalue weighted by atomic mass is 32.2. The van der Waals surface area contributed by atoms with E-state index in [4.69, 9.17) is 4.74 Å². The van der Waals surface area contributed by atoms with E-state index in [-0.39, 0.29) is 5.91 Å². The number of benzene rings is 2. The minimum atomic E-state index is -0.0228. The minimum Gasteiger partial charge on any atom is -0.497 e. The fraction of sp³-hybridized carbons (Fsp3) is 0.235. The van der Waals surface area contributed by atoms with Gasteiger partial charge >= 0.3 is 0 Å². The molecule has 0 atom stereocenters. The smallest absolute Gasteiger partial charge is 0.234 e. The lowest BCUT2D eigenvalue weighted by atomic mass is 10.2. The Balaban J connectivity index is 1.87. The first-order valence-corrected chi connectivity index (χ1v) is 7.91. The molecular weight excluding hydrogens is 296 g/mol. The molecule has 1 N–H and O–H groups in total. The first-order valence-electron chi connectivity index (χ1n) is 6.92. The van der Waals surface area contributed by atoms with Gasteiger partial charge in [-0.25, -0.2) is 0 Å². The molecule has 0 fully saturated rings. The molecule has 5 heteroatoms. The first-order chi connectivity index (χ1) is 10.6. The minimum absolute atomic E-state index is 0.0228. The Kier molecular flexibility index (Phi) is 5.72. The number of carbonyl (C=O) groups excluding carboxylic acids is 1. The van der Waals surface area contributed by atoms with Gasteiger partial charge in [-0.3, -0.25) is 4.79 Å². The monoisotopic (exact) mass is 316 g/mol. The average Bonchev–Trinajstić information content (AvgIpc) is 2.53. The zero-order valence-corrected chi connectivity index (χ0v) is 13.8. The van der Waals surface area contributed by atoms with Crippen molar-refractivity contribution in [3.05, 3.63) is 48.5 Å². The second-order valence-electron chi connectivity index (χ2n) is 4.96. The second kappa shape index (κ2) is 7.75. The number of thioether (sulfide) groups is 1. The Morgan fingerprint density at radius 2 is 1.91 bits per heavy atom. The standard InChI is InChI=1S/C17H20N2O2S/c1-19(2)14-9-7-13(8-10-14)18-17(20)12-22-16-6-4-5-15(11-16)21-3/h4-11H,12H2,1-3H3,(H,18,20). The van der Waals surface area contributed by atoms with Crippen molar-refractivity contribution in [1.29, 1.82) is 0 Å². The van der Waals surface area contributed by atoms with Gasteiger partial charge in [-0.1, -0.05) is 6.07 Å². The number of carbonyl (C=O) groups is 1.